The standard InChI is InChI=1S/C16H25NO2/c1-5-14-8-6-7-9-15(14)17(10-12(2)3)11-13(4)16(18)19/h6-9,12-13H,5,10-11H2,1-4H3,(H,18,19). The Labute approximate surface area is 116 Å². The molecule has 1 rings (SSSR count). The van der Waals surface area contributed by atoms with Crippen LogP contribution in [0, 0.1) is 11.8 Å². The fourth-order valence-corrected chi connectivity index (χ4v) is 2.24. The number of aliphatic carboxylic acids is 1. The van der Waals surface area contributed by atoms with Crippen LogP contribution in [0.3, 0.4) is 0 Å². The van der Waals surface area contributed by atoms with Crippen LogP contribution in [0.1, 0.15) is 33.3 Å². The first kappa shape index (κ1) is 15.5. The van der Waals surface area contributed by atoms with Crippen LogP contribution in [0.4, 0.5) is 5.69 Å². The molecule has 1 aromatic carbocycles. The molecule has 0 bridgehead atoms. The van der Waals surface area contributed by atoms with Crippen LogP contribution in [0.25, 0.3) is 0 Å². The molecule has 0 aliphatic carbocycles. The van der Waals surface area contributed by atoms with Gasteiger partial charge in [-0.15, -0.1) is 0 Å². The lowest BCUT2D eigenvalue weighted by atomic mass is 10.1. The number of para-hydroxylation sites is 1. The number of benzene rings is 1. The van der Waals surface area contributed by atoms with E-state index in [1.807, 2.05) is 12.1 Å². The molecule has 0 radical (unpaired) electrons. The van der Waals surface area contributed by atoms with Gasteiger partial charge < -0.3 is 10.0 Å². The smallest absolute Gasteiger partial charge is 0.308 e. The van der Waals surface area contributed by atoms with Gasteiger partial charge in [0.15, 0.2) is 0 Å². The van der Waals surface area contributed by atoms with Crippen LogP contribution in [-0.2, 0) is 11.2 Å². The van der Waals surface area contributed by atoms with Crippen molar-refractivity contribution < 1.29 is 9.90 Å². The Morgan fingerprint density at radius 3 is 2.37 bits per heavy atom. The largest absolute Gasteiger partial charge is 0.481 e. The van der Waals surface area contributed by atoms with Gasteiger partial charge in [-0.1, -0.05) is 45.9 Å². The van der Waals surface area contributed by atoms with E-state index in [2.05, 4.69) is 37.8 Å². The van der Waals surface area contributed by atoms with Crippen molar-refractivity contribution in [3.05, 3.63) is 29.8 Å². The Kier molecular flexibility index (Phi) is 5.87. The van der Waals surface area contributed by atoms with Crippen LogP contribution >= 0.6 is 0 Å². The quantitative estimate of drug-likeness (QED) is 0.819. The fraction of sp³-hybridized carbons (Fsp3) is 0.562. The highest BCUT2D eigenvalue weighted by molar-refractivity contribution is 5.70. The van der Waals surface area contributed by atoms with E-state index in [9.17, 15) is 4.79 Å². The third-order valence-corrected chi connectivity index (χ3v) is 3.21. The van der Waals surface area contributed by atoms with Crippen molar-refractivity contribution >= 4 is 11.7 Å². The average Bonchev–Trinajstić information content (AvgIpc) is 2.37. The summed E-state index contributed by atoms with van der Waals surface area (Å²) in [6, 6.07) is 8.27. The molecule has 0 heterocycles. The summed E-state index contributed by atoms with van der Waals surface area (Å²) in [4.78, 5) is 13.3. The monoisotopic (exact) mass is 263 g/mol. The molecule has 0 saturated carbocycles. The number of aryl methyl sites for hydroxylation is 1. The Bertz CT molecular complexity index is 415. The second-order valence-corrected chi connectivity index (χ2v) is 5.52. The Balaban J connectivity index is 2.98. The van der Waals surface area contributed by atoms with Gasteiger partial charge in [-0.3, -0.25) is 4.79 Å². The van der Waals surface area contributed by atoms with Gasteiger partial charge in [0.25, 0.3) is 0 Å². The minimum atomic E-state index is -0.734. The van der Waals surface area contributed by atoms with Crippen molar-refractivity contribution in [2.75, 3.05) is 18.0 Å². The predicted molar refractivity (Wildman–Crippen MR) is 79.7 cm³/mol. The summed E-state index contributed by atoms with van der Waals surface area (Å²) in [6.45, 7) is 9.66. The zero-order valence-electron chi connectivity index (χ0n) is 12.4. The molecule has 0 aromatic heterocycles. The molecule has 1 unspecified atom stereocenters. The van der Waals surface area contributed by atoms with Crippen molar-refractivity contribution in [2.45, 2.75) is 34.1 Å². The van der Waals surface area contributed by atoms with E-state index < -0.39 is 5.97 Å². The summed E-state index contributed by atoms with van der Waals surface area (Å²) < 4.78 is 0. The number of rotatable bonds is 7. The maximum atomic E-state index is 11.1. The SMILES string of the molecule is CCc1ccccc1N(CC(C)C)CC(C)C(=O)O. The highest BCUT2D eigenvalue weighted by Crippen LogP contribution is 2.23. The van der Waals surface area contributed by atoms with Crippen LogP contribution < -0.4 is 4.90 Å². The lowest BCUT2D eigenvalue weighted by molar-refractivity contribution is -0.140. The Hall–Kier alpha value is -1.51. The number of hydrogen-bond donors (Lipinski definition) is 1. The third kappa shape index (κ3) is 4.58. The number of carboxylic acid groups (broad SMARTS) is 1. The number of carboxylic acids is 1. The molecule has 0 amide bonds. The zero-order chi connectivity index (χ0) is 14.4. The van der Waals surface area contributed by atoms with Crippen molar-refractivity contribution in [2.24, 2.45) is 11.8 Å². The maximum absolute atomic E-state index is 11.1. The number of anilines is 1. The van der Waals surface area contributed by atoms with Gasteiger partial charge >= 0.3 is 5.97 Å². The van der Waals surface area contributed by atoms with E-state index in [0.29, 0.717) is 12.5 Å². The van der Waals surface area contributed by atoms with Crippen molar-refractivity contribution in [3.63, 3.8) is 0 Å². The first-order valence-corrected chi connectivity index (χ1v) is 7.01. The van der Waals surface area contributed by atoms with Gasteiger partial charge in [0.2, 0.25) is 0 Å². The van der Waals surface area contributed by atoms with Crippen molar-refractivity contribution in [3.8, 4) is 0 Å². The summed E-state index contributed by atoms with van der Waals surface area (Å²) in [5.74, 6) is -0.586. The van der Waals surface area contributed by atoms with Crippen LogP contribution in [-0.4, -0.2) is 24.2 Å². The van der Waals surface area contributed by atoms with Gasteiger partial charge in [-0.2, -0.15) is 0 Å². The van der Waals surface area contributed by atoms with Crippen LogP contribution in [0.15, 0.2) is 24.3 Å². The molecule has 1 N–H and O–H groups in total. The number of nitrogens with zero attached hydrogens (tertiary/aromatic N) is 1. The van der Waals surface area contributed by atoms with Crippen LogP contribution in [0.5, 0.6) is 0 Å². The van der Waals surface area contributed by atoms with E-state index in [-0.39, 0.29) is 5.92 Å². The molecule has 106 valence electrons. The van der Waals surface area contributed by atoms with Gasteiger partial charge in [0.1, 0.15) is 0 Å². The molecule has 0 fully saturated rings. The van der Waals surface area contributed by atoms with Gasteiger partial charge in [-0.25, -0.2) is 0 Å². The molecule has 0 aliphatic heterocycles. The summed E-state index contributed by atoms with van der Waals surface area (Å²) >= 11 is 0. The molecule has 1 aromatic rings. The summed E-state index contributed by atoms with van der Waals surface area (Å²) in [5.41, 5.74) is 2.45. The molecule has 1 atom stereocenters. The minimum absolute atomic E-state index is 0.358. The normalized spacial score (nSPS) is 12.5. The number of hydrogen-bond acceptors (Lipinski definition) is 2. The molecular formula is C16H25NO2. The van der Waals surface area contributed by atoms with Gasteiger partial charge in [0, 0.05) is 18.8 Å². The second kappa shape index (κ2) is 7.17. The fourth-order valence-electron chi connectivity index (χ4n) is 2.24. The van der Waals surface area contributed by atoms with E-state index in [4.69, 9.17) is 5.11 Å². The minimum Gasteiger partial charge on any atom is -0.481 e. The highest BCUT2D eigenvalue weighted by Gasteiger charge is 2.18. The Morgan fingerprint density at radius 1 is 1.21 bits per heavy atom. The lowest BCUT2D eigenvalue weighted by Gasteiger charge is -2.30. The summed E-state index contributed by atoms with van der Waals surface area (Å²) in [6.07, 6.45) is 0.965. The van der Waals surface area contributed by atoms with E-state index in [1.165, 1.54) is 11.3 Å². The Morgan fingerprint density at radius 2 is 1.84 bits per heavy atom. The molecular weight excluding hydrogens is 238 g/mol. The van der Waals surface area contributed by atoms with Gasteiger partial charge in [-0.05, 0) is 24.0 Å². The van der Waals surface area contributed by atoms with Crippen molar-refractivity contribution in [1.29, 1.82) is 0 Å². The van der Waals surface area contributed by atoms with Crippen LogP contribution in [0.2, 0.25) is 0 Å². The maximum Gasteiger partial charge on any atom is 0.308 e. The topological polar surface area (TPSA) is 40.5 Å². The zero-order valence-corrected chi connectivity index (χ0v) is 12.4. The predicted octanol–water partition coefficient (Wildman–Crippen LogP) is 3.43. The first-order chi connectivity index (χ1) is 8.95. The number of carbonyl (C=O) groups is 1. The van der Waals surface area contributed by atoms with E-state index in [1.54, 1.807) is 6.92 Å². The molecule has 0 spiro atoms. The lowest BCUT2D eigenvalue weighted by Crippen LogP contribution is -2.35. The highest BCUT2D eigenvalue weighted by atomic mass is 16.4. The molecule has 3 nitrogen and oxygen atoms in total. The van der Waals surface area contributed by atoms with Gasteiger partial charge in [0.05, 0.1) is 5.92 Å². The second-order valence-electron chi connectivity index (χ2n) is 5.52. The molecule has 0 saturated heterocycles. The van der Waals surface area contributed by atoms with Crippen molar-refractivity contribution in [1.82, 2.24) is 0 Å². The molecule has 0 aliphatic rings. The summed E-state index contributed by atoms with van der Waals surface area (Å²) in [5, 5.41) is 9.11. The molecule has 3 heteroatoms. The third-order valence-electron chi connectivity index (χ3n) is 3.21. The average molecular weight is 263 g/mol. The summed E-state index contributed by atoms with van der Waals surface area (Å²) in [7, 11) is 0. The molecule has 19 heavy (non-hydrogen) atoms. The van der Waals surface area contributed by atoms with E-state index in [0.717, 1.165) is 13.0 Å². The first-order valence-electron chi connectivity index (χ1n) is 7.01. The van der Waals surface area contributed by atoms with E-state index >= 15 is 0 Å².